The van der Waals surface area contributed by atoms with Gasteiger partial charge in [0.15, 0.2) is 0 Å². The zero-order valence-corrected chi connectivity index (χ0v) is 18.8. The molecule has 0 aliphatic carbocycles. The molecule has 4 aromatic rings. The van der Waals surface area contributed by atoms with Gasteiger partial charge in [-0.3, -0.25) is 19.5 Å². The van der Waals surface area contributed by atoms with Crippen LogP contribution in [0.25, 0.3) is 0 Å². The number of hydrogen-bond acceptors (Lipinski definition) is 4. The summed E-state index contributed by atoms with van der Waals surface area (Å²) in [5.74, 6) is -1.33. The van der Waals surface area contributed by atoms with E-state index in [1.807, 2.05) is 56.3 Å². The summed E-state index contributed by atoms with van der Waals surface area (Å²) in [5.41, 5.74) is 3.49. The molecular formula is C27H23FN4O2. The van der Waals surface area contributed by atoms with E-state index in [1.165, 1.54) is 47.8 Å². The van der Waals surface area contributed by atoms with Gasteiger partial charge in [-0.2, -0.15) is 0 Å². The maximum atomic E-state index is 13.8. The zero-order chi connectivity index (χ0) is 24.1. The first kappa shape index (κ1) is 22.8. The van der Waals surface area contributed by atoms with Crippen LogP contribution in [0.15, 0.2) is 91.4 Å². The van der Waals surface area contributed by atoms with E-state index in [4.69, 9.17) is 0 Å². The molecule has 0 spiro atoms. The minimum atomic E-state index is -1.03. The van der Waals surface area contributed by atoms with E-state index in [-0.39, 0.29) is 5.69 Å². The molecule has 2 amide bonds. The topological polar surface area (TPSA) is 75.2 Å². The van der Waals surface area contributed by atoms with E-state index in [0.29, 0.717) is 16.9 Å². The number of benzene rings is 3. The second-order valence-corrected chi connectivity index (χ2v) is 7.86. The van der Waals surface area contributed by atoms with Crippen LogP contribution in [0.2, 0.25) is 0 Å². The van der Waals surface area contributed by atoms with Crippen molar-refractivity contribution in [2.75, 3.05) is 10.2 Å². The fourth-order valence-corrected chi connectivity index (χ4v) is 3.73. The third-order valence-electron chi connectivity index (χ3n) is 5.38. The maximum Gasteiger partial charge on any atom is 0.279 e. The molecule has 7 heteroatoms. The standard InChI is InChI=1S/C27H23FN4O2/c1-18-6-5-8-22(16-18)32(27(34)24-17-29-14-15-30-24)25(23-9-4-3-7-19(23)2)26(33)31-21-12-10-20(28)11-13-21/h3-17,25H,1-2H3,(H,31,33). The highest BCUT2D eigenvalue weighted by Crippen LogP contribution is 2.32. The number of carbonyl (C=O) groups excluding carboxylic acids is 2. The molecule has 3 aromatic carbocycles. The molecule has 6 nitrogen and oxygen atoms in total. The Labute approximate surface area is 197 Å². The predicted octanol–water partition coefficient (Wildman–Crippen LogP) is 5.26. The van der Waals surface area contributed by atoms with Crippen molar-refractivity contribution < 1.29 is 14.0 Å². The van der Waals surface area contributed by atoms with E-state index in [1.54, 1.807) is 6.07 Å². The molecule has 1 aromatic heterocycles. The highest BCUT2D eigenvalue weighted by Gasteiger charge is 2.35. The summed E-state index contributed by atoms with van der Waals surface area (Å²) >= 11 is 0. The lowest BCUT2D eigenvalue weighted by Crippen LogP contribution is -2.42. The van der Waals surface area contributed by atoms with Gasteiger partial charge in [0.1, 0.15) is 17.6 Å². The Kier molecular flexibility index (Phi) is 6.73. The van der Waals surface area contributed by atoms with E-state index >= 15 is 0 Å². The van der Waals surface area contributed by atoms with Crippen molar-refractivity contribution in [2.45, 2.75) is 19.9 Å². The Morgan fingerprint density at radius 2 is 1.71 bits per heavy atom. The number of halogens is 1. The van der Waals surface area contributed by atoms with E-state index in [0.717, 1.165) is 11.1 Å². The number of anilines is 2. The molecule has 34 heavy (non-hydrogen) atoms. The van der Waals surface area contributed by atoms with Crippen molar-refractivity contribution in [2.24, 2.45) is 0 Å². The average molecular weight is 455 g/mol. The van der Waals surface area contributed by atoms with Crippen LogP contribution in [-0.4, -0.2) is 21.8 Å². The summed E-state index contributed by atoms with van der Waals surface area (Å²) in [6, 6.07) is 19.2. The largest absolute Gasteiger partial charge is 0.324 e. The normalized spacial score (nSPS) is 11.5. The predicted molar refractivity (Wildman–Crippen MR) is 129 cm³/mol. The SMILES string of the molecule is Cc1cccc(N(C(=O)c2cnccn2)C(C(=O)Nc2ccc(F)cc2)c2ccccc2C)c1. The first-order valence-corrected chi connectivity index (χ1v) is 10.7. The molecule has 4 rings (SSSR count). The first-order valence-electron chi connectivity index (χ1n) is 10.7. The quantitative estimate of drug-likeness (QED) is 0.431. The van der Waals surface area contributed by atoms with Crippen molar-refractivity contribution in [3.63, 3.8) is 0 Å². The Morgan fingerprint density at radius 1 is 0.941 bits per heavy atom. The molecule has 0 radical (unpaired) electrons. The van der Waals surface area contributed by atoms with E-state index in [9.17, 15) is 14.0 Å². The summed E-state index contributed by atoms with van der Waals surface area (Å²) in [6.45, 7) is 3.80. The van der Waals surface area contributed by atoms with Gasteiger partial charge >= 0.3 is 0 Å². The molecule has 0 aliphatic rings. The van der Waals surface area contributed by atoms with Crippen molar-refractivity contribution >= 4 is 23.2 Å². The number of amides is 2. The Morgan fingerprint density at radius 3 is 2.38 bits per heavy atom. The number of aromatic nitrogens is 2. The third-order valence-corrected chi connectivity index (χ3v) is 5.38. The Balaban J connectivity index is 1.87. The van der Waals surface area contributed by atoms with Crippen LogP contribution in [0, 0.1) is 19.7 Å². The van der Waals surface area contributed by atoms with Crippen LogP contribution in [0.1, 0.15) is 33.2 Å². The summed E-state index contributed by atoms with van der Waals surface area (Å²) in [4.78, 5) is 37.2. The van der Waals surface area contributed by atoms with Gasteiger partial charge in [0.05, 0.1) is 6.20 Å². The molecule has 0 aliphatic heterocycles. The average Bonchev–Trinajstić information content (AvgIpc) is 2.84. The van der Waals surface area contributed by atoms with Crippen LogP contribution in [-0.2, 0) is 4.79 Å². The number of nitrogens with zero attached hydrogens (tertiary/aromatic N) is 3. The fraction of sp³-hybridized carbons (Fsp3) is 0.111. The van der Waals surface area contributed by atoms with Gasteiger partial charge in [0, 0.05) is 23.8 Å². The van der Waals surface area contributed by atoms with Gasteiger partial charge in [-0.15, -0.1) is 0 Å². The molecule has 1 unspecified atom stereocenters. The highest BCUT2D eigenvalue weighted by atomic mass is 19.1. The van der Waals surface area contributed by atoms with Crippen LogP contribution in [0.5, 0.6) is 0 Å². The monoisotopic (exact) mass is 454 g/mol. The summed E-state index contributed by atoms with van der Waals surface area (Å²) < 4.78 is 13.4. The molecule has 0 saturated carbocycles. The molecule has 0 fully saturated rings. The van der Waals surface area contributed by atoms with E-state index in [2.05, 4.69) is 15.3 Å². The second-order valence-electron chi connectivity index (χ2n) is 7.86. The number of aryl methyl sites for hydroxylation is 2. The Bertz CT molecular complexity index is 1310. The van der Waals surface area contributed by atoms with Crippen LogP contribution >= 0.6 is 0 Å². The fourth-order valence-electron chi connectivity index (χ4n) is 3.73. The van der Waals surface area contributed by atoms with Crippen LogP contribution in [0.3, 0.4) is 0 Å². The first-order chi connectivity index (χ1) is 16.4. The van der Waals surface area contributed by atoms with Gasteiger partial charge in [-0.1, -0.05) is 36.4 Å². The zero-order valence-electron chi connectivity index (χ0n) is 18.8. The number of carbonyl (C=O) groups is 2. The number of hydrogen-bond donors (Lipinski definition) is 1. The van der Waals surface area contributed by atoms with Gasteiger partial charge in [0.2, 0.25) is 0 Å². The minimum Gasteiger partial charge on any atom is -0.324 e. The van der Waals surface area contributed by atoms with Gasteiger partial charge in [0.25, 0.3) is 11.8 Å². The summed E-state index contributed by atoms with van der Waals surface area (Å²) in [7, 11) is 0. The Hall–Kier alpha value is -4.39. The van der Waals surface area contributed by atoms with E-state index < -0.39 is 23.7 Å². The minimum absolute atomic E-state index is 0.108. The van der Waals surface area contributed by atoms with Gasteiger partial charge in [-0.25, -0.2) is 9.37 Å². The number of rotatable bonds is 6. The lowest BCUT2D eigenvalue weighted by molar-refractivity contribution is -0.117. The van der Waals surface area contributed by atoms with Crippen molar-refractivity contribution in [3.05, 3.63) is 120 Å². The molecule has 170 valence electrons. The number of nitrogens with one attached hydrogen (secondary N) is 1. The summed E-state index contributed by atoms with van der Waals surface area (Å²) in [6.07, 6.45) is 4.29. The van der Waals surface area contributed by atoms with Crippen molar-refractivity contribution in [1.82, 2.24) is 9.97 Å². The molecule has 1 atom stereocenters. The maximum absolute atomic E-state index is 13.8. The van der Waals surface area contributed by atoms with Gasteiger partial charge in [-0.05, 0) is 66.9 Å². The molecular weight excluding hydrogens is 431 g/mol. The smallest absolute Gasteiger partial charge is 0.279 e. The highest BCUT2D eigenvalue weighted by molar-refractivity contribution is 6.11. The second kappa shape index (κ2) is 10.0. The van der Waals surface area contributed by atoms with Crippen LogP contribution < -0.4 is 10.2 Å². The molecule has 1 heterocycles. The molecule has 0 saturated heterocycles. The van der Waals surface area contributed by atoms with Crippen LogP contribution in [0.4, 0.5) is 15.8 Å². The van der Waals surface area contributed by atoms with Crippen molar-refractivity contribution in [1.29, 1.82) is 0 Å². The lowest BCUT2D eigenvalue weighted by Gasteiger charge is -2.32. The van der Waals surface area contributed by atoms with Gasteiger partial charge < -0.3 is 5.32 Å². The van der Waals surface area contributed by atoms with Crippen molar-refractivity contribution in [3.8, 4) is 0 Å². The molecule has 0 bridgehead atoms. The summed E-state index contributed by atoms with van der Waals surface area (Å²) in [5, 5.41) is 2.83. The lowest BCUT2D eigenvalue weighted by atomic mass is 9.97. The molecule has 1 N–H and O–H groups in total. The third kappa shape index (κ3) is 4.99.